The minimum Gasteiger partial charge on any atom is -0.445 e. The minimum atomic E-state index is -0.399. The number of hydrogen-bond acceptors (Lipinski definition) is 4. The fourth-order valence-electron chi connectivity index (χ4n) is 4.25. The molecule has 3 N–H and O–H groups in total. The summed E-state index contributed by atoms with van der Waals surface area (Å²) in [6.07, 6.45) is 6.52. The summed E-state index contributed by atoms with van der Waals surface area (Å²) in [4.78, 5) is 32.2. The Kier molecular flexibility index (Phi) is 6.50. The Morgan fingerprint density at radius 1 is 1.13 bits per heavy atom. The van der Waals surface area contributed by atoms with Crippen molar-refractivity contribution in [3.8, 4) is 0 Å². The van der Waals surface area contributed by atoms with Gasteiger partial charge in [-0.25, -0.2) is 9.78 Å². The van der Waals surface area contributed by atoms with Crippen LogP contribution in [0.1, 0.15) is 38.2 Å². The van der Waals surface area contributed by atoms with Gasteiger partial charge in [0.15, 0.2) is 0 Å². The Morgan fingerprint density at radius 3 is 2.68 bits per heavy atom. The molecule has 1 fully saturated rings. The van der Waals surface area contributed by atoms with E-state index in [1.807, 2.05) is 55.6 Å². The molecule has 0 saturated heterocycles. The van der Waals surface area contributed by atoms with Crippen LogP contribution in [0.25, 0.3) is 11.0 Å². The number of amides is 2. The zero-order valence-electron chi connectivity index (χ0n) is 17.6. The second-order valence-corrected chi connectivity index (χ2v) is 8.19. The van der Waals surface area contributed by atoms with Gasteiger partial charge in [-0.2, -0.15) is 0 Å². The van der Waals surface area contributed by atoms with Crippen LogP contribution in [0.5, 0.6) is 0 Å². The summed E-state index contributed by atoms with van der Waals surface area (Å²) < 4.78 is 5.32. The molecule has 2 aromatic heterocycles. The van der Waals surface area contributed by atoms with Gasteiger partial charge in [0.2, 0.25) is 5.91 Å². The maximum Gasteiger partial charge on any atom is 0.407 e. The van der Waals surface area contributed by atoms with Crippen molar-refractivity contribution in [2.24, 2.45) is 11.8 Å². The highest BCUT2D eigenvalue weighted by Crippen LogP contribution is 2.32. The molecule has 162 valence electrons. The van der Waals surface area contributed by atoms with E-state index in [2.05, 4.69) is 20.6 Å². The molecule has 0 spiro atoms. The molecule has 1 aliphatic rings. The predicted octanol–water partition coefficient (Wildman–Crippen LogP) is 4.62. The third kappa shape index (κ3) is 5.23. The Balaban J connectivity index is 1.23. The first-order valence-corrected chi connectivity index (χ1v) is 10.8. The average molecular weight is 421 g/mol. The summed E-state index contributed by atoms with van der Waals surface area (Å²) >= 11 is 0. The van der Waals surface area contributed by atoms with E-state index in [9.17, 15) is 9.59 Å². The number of fused-ring (bicyclic) bond motifs is 1. The molecule has 3 aromatic rings. The maximum atomic E-state index is 12.8. The van der Waals surface area contributed by atoms with Crippen molar-refractivity contribution >= 4 is 28.7 Å². The fraction of sp³-hybridized carbons (Fsp3) is 0.375. The van der Waals surface area contributed by atoms with Gasteiger partial charge in [-0.05, 0) is 56.2 Å². The largest absolute Gasteiger partial charge is 0.445 e. The molecule has 7 nitrogen and oxygen atoms in total. The van der Waals surface area contributed by atoms with E-state index in [0.717, 1.165) is 48.0 Å². The van der Waals surface area contributed by atoms with Gasteiger partial charge < -0.3 is 20.4 Å². The number of carbonyl (C=O) groups excluding carboxylic acids is 2. The molecule has 4 rings (SSSR count). The predicted molar refractivity (Wildman–Crippen MR) is 119 cm³/mol. The number of anilines is 1. The molecule has 1 atom stereocenters. The second-order valence-electron chi connectivity index (χ2n) is 8.19. The molecule has 7 heteroatoms. The first-order valence-electron chi connectivity index (χ1n) is 10.8. The summed E-state index contributed by atoms with van der Waals surface area (Å²) in [7, 11) is 0. The van der Waals surface area contributed by atoms with Crippen molar-refractivity contribution in [2.45, 2.75) is 45.3 Å². The van der Waals surface area contributed by atoms with E-state index in [4.69, 9.17) is 4.74 Å². The first-order chi connectivity index (χ1) is 15.1. The molecule has 0 radical (unpaired) electrons. The summed E-state index contributed by atoms with van der Waals surface area (Å²) in [5.74, 6) is 0.372. The lowest BCUT2D eigenvalue weighted by molar-refractivity contribution is -0.121. The van der Waals surface area contributed by atoms with Crippen LogP contribution >= 0.6 is 0 Å². The summed E-state index contributed by atoms with van der Waals surface area (Å²) in [6.45, 7) is 2.27. The van der Waals surface area contributed by atoms with Gasteiger partial charge in [-0.3, -0.25) is 4.79 Å². The number of ether oxygens (including phenoxy) is 1. The number of aromatic amines is 1. The number of alkyl carbamates (subject to hydrolysis) is 1. The van der Waals surface area contributed by atoms with Crippen LogP contribution in [0.3, 0.4) is 0 Å². The van der Waals surface area contributed by atoms with Gasteiger partial charge in [0.1, 0.15) is 12.3 Å². The van der Waals surface area contributed by atoms with E-state index < -0.39 is 6.09 Å². The zero-order chi connectivity index (χ0) is 21.6. The van der Waals surface area contributed by atoms with Crippen LogP contribution in [-0.2, 0) is 16.1 Å². The normalized spacial score (nSPS) is 19.5. The van der Waals surface area contributed by atoms with Crippen LogP contribution in [-0.4, -0.2) is 28.0 Å². The molecule has 1 saturated carbocycles. The van der Waals surface area contributed by atoms with Gasteiger partial charge in [0.25, 0.3) is 0 Å². The smallest absolute Gasteiger partial charge is 0.407 e. The number of carbonyl (C=O) groups is 2. The van der Waals surface area contributed by atoms with Crippen molar-refractivity contribution < 1.29 is 14.3 Å². The van der Waals surface area contributed by atoms with Crippen molar-refractivity contribution in [1.82, 2.24) is 15.3 Å². The van der Waals surface area contributed by atoms with Gasteiger partial charge in [0.05, 0.1) is 5.69 Å². The SMILES string of the molecule is CC(NC(=O)OCc1ccccc1)[C@H]1CC[C@H](C(=O)Nc2ccnc3[nH]ccc23)CC1. The number of aromatic nitrogens is 2. The maximum absolute atomic E-state index is 12.8. The van der Waals surface area contributed by atoms with Crippen molar-refractivity contribution in [3.63, 3.8) is 0 Å². The molecule has 1 aromatic carbocycles. The van der Waals surface area contributed by atoms with Crippen LogP contribution in [0, 0.1) is 11.8 Å². The highest BCUT2D eigenvalue weighted by molar-refractivity contribution is 6.00. The summed E-state index contributed by atoms with van der Waals surface area (Å²) in [5, 5.41) is 6.92. The molecule has 1 unspecified atom stereocenters. The van der Waals surface area contributed by atoms with Gasteiger partial charge >= 0.3 is 6.09 Å². The molecule has 31 heavy (non-hydrogen) atoms. The van der Waals surface area contributed by atoms with Crippen LogP contribution in [0.4, 0.5) is 10.5 Å². The second kappa shape index (κ2) is 9.64. The molecule has 0 bridgehead atoms. The third-order valence-corrected chi connectivity index (χ3v) is 6.13. The number of nitrogens with one attached hydrogen (secondary N) is 3. The number of H-pyrrole nitrogens is 1. The van der Waals surface area contributed by atoms with Crippen LogP contribution < -0.4 is 10.6 Å². The topological polar surface area (TPSA) is 96.1 Å². The summed E-state index contributed by atoms with van der Waals surface area (Å²) in [6, 6.07) is 13.4. The lowest BCUT2D eigenvalue weighted by Crippen LogP contribution is -2.40. The van der Waals surface area contributed by atoms with E-state index in [1.165, 1.54) is 0 Å². The van der Waals surface area contributed by atoms with E-state index in [-0.39, 0.29) is 24.5 Å². The highest BCUT2D eigenvalue weighted by Gasteiger charge is 2.30. The number of benzene rings is 1. The molecular weight excluding hydrogens is 392 g/mol. The molecule has 0 aliphatic heterocycles. The van der Waals surface area contributed by atoms with Crippen molar-refractivity contribution in [2.75, 3.05) is 5.32 Å². The Morgan fingerprint density at radius 2 is 1.90 bits per heavy atom. The van der Waals surface area contributed by atoms with Gasteiger partial charge in [0, 0.05) is 29.7 Å². The standard InChI is InChI=1S/C24H28N4O3/c1-16(27-24(30)31-15-17-5-3-2-4-6-17)18-7-9-19(10-8-18)23(29)28-21-12-14-26-22-20(21)11-13-25-22/h2-6,11-14,16,18-19H,7-10,15H2,1H3,(H,27,30)(H2,25,26,28,29)/t16?,18-,19-. The highest BCUT2D eigenvalue weighted by atomic mass is 16.5. The molecular formula is C24H28N4O3. The van der Waals surface area contributed by atoms with Gasteiger partial charge in [-0.15, -0.1) is 0 Å². The van der Waals surface area contributed by atoms with Crippen molar-refractivity contribution in [3.05, 3.63) is 60.4 Å². The number of nitrogens with zero attached hydrogens (tertiary/aromatic N) is 1. The van der Waals surface area contributed by atoms with E-state index >= 15 is 0 Å². The van der Waals surface area contributed by atoms with Crippen molar-refractivity contribution in [1.29, 1.82) is 0 Å². The zero-order valence-corrected chi connectivity index (χ0v) is 17.6. The fourth-order valence-corrected chi connectivity index (χ4v) is 4.25. The Hall–Kier alpha value is -3.35. The number of hydrogen-bond donors (Lipinski definition) is 3. The lowest BCUT2D eigenvalue weighted by Gasteiger charge is -2.31. The van der Waals surface area contributed by atoms with Crippen LogP contribution in [0.15, 0.2) is 54.9 Å². The lowest BCUT2D eigenvalue weighted by atomic mass is 9.78. The number of pyridine rings is 1. The molecule has 2 amide bonds. The van der Waals surface area contributed by atoms with Crippen LogP contribution in [0.2, 0.25) is 0 Å². The molecule has 2 heterocycles. The van der Waals surface area contributed by atoms with E-state index in [1.54, 1.807) is 6.20 Å². The van der Waals surface area contributed by atoms with Gasteiger partial charge in [-0.1, -0.05) is 30.3 Å². The Labute approximate surface area is 181 Å². The number of rotatable bonds is 6. The summed E-state index contributed by atoms with van der Waals surface area (Å²) in [5.41, 5.74) is 2.51. The first kappa shape index (κ1) is 20.9. The van der Waals surface area contributed by atoms with E-state index in [0.29, 0.717) is 5.92 Å². The Bertz CT molecular complexity index is 1030. The molecule has 1 aliphatic carbocycles. The average Bonchev–Trinajstić information content (AvgIpc) is 3.28. The monoisotopic (exact) mass is 420 g/mol. The third-order valence-electron chi connectivity index (χ3n) is 6.13. The minimum absolute atomic E-state index is 0.00645. The quantitative estimate of drug-likeness (QED) is 0.542.